The van der Waals surface area contributed by atoms with Gasteiger partial charge in [0.25, 0.3) is 0 Å². The molecule has 0 fully saturated rings. The molecule has 5 nitrogen and oxygen atoms in total. The van der Waals surface area contributed by atoms with Crippen molar-refractivity contribution in [3.05, 3.63) is 11.8 Å². The molecular formula is C9H15N3O2. The minimum atomic E-state index is -0.0459. The highest BCUT2D eigenvalue weighted by molar-refractivity contribution is 6.40. The molecular weight excluding hydrogens is 182 g/mol. The molecule has 0 saturated heterocycles. The third-order valence-corrected chi connectivity index (χ3v) is 1.49. The van der Waals surface area contributed by atoms with Crippen molar-refractivity contribution in [2.24, 2.45) is 10.3 Å². The monoisotopic (exact) mass is 197 g/mol. The minimum absolute atomic E-state index is 0.0459. The third-order valence-electron chi connectivity index (χ3n) is 1.49. The van der Waals surface area contributed by atoms with E-state index >= 15 is 0 Å². The van der Waals surface area contributed by atoms with E-state index in [1.807, 2.05) is 0 Å². The fraction of sp³-hybridized carbons (Fsp3) is 0.444. The van der Waals surface area contributed by atoms with Gasteiger partial charge in [-0.05, 0) is 27.7 Å². The third kappa shape index (κ3) is 5.08. The van der Waals surface area contributed by atoms with Gasteiger partial charge in [0.05, 0.1) is 11.4 Å². The normalized spacial score (nSPS) is 14.1. The van der Waals surface area contributed by atoms with Crippen LogP contribution in [-0.4, -0.2) is 22.4 Å². The van der Waals surface area contributed by atoms with Crippen LogP contribution in [0.3, 0.4) is 0 Å². The first-order valence-electron chi connectivity index (χ1n) is 4.15. The largest absolute Gasteiger partial charge is 0.411 e. The standard InChI is InChI=1S/C9H15N3O2/c1-6(5-7(2)13)10-11-8(3)9(4)12-14/h5,10,14H,1-4H3/b6-5+,11-8?,12-9?. The topological polar surface area (TPSA) is 74.0 Å². The van der Waals surface area contributed by atoms with Gasteiger partial charge in [-0.1, -0.05) is 5.16 Å². The molecule has 14 heavy (non-hydrogen) atoms. The summed E-state index contributed by atoms with van der Waals surface area (Å²) in [4.78, 5) is 10.7. The molecule has 5 heteroatoms. The summed E-state index contributed by atoms with van der Waals surface area (Å²) in [5, 5.41) is 15.3. The Labute approximate surface area is 83.2 Å². The first kappa shape index (κ1) is 12.3. The van der Waals surface area contributed by atoms with Crippen molar-refractivity contribution in [3.63, 3.8) is 0 Å². The van der Waals surface area contributed by atoms with Crippen molar-refractivity contribution in [1.82, 2.24) is 5.43 Å². The lowest BCUT2D eigenvalue weighted by atomic mass is 10.3. The lowest BCUT2D eigenvalue weighted by Gasteiger charge is -2.01. The van der Waals surface area contributed by atoms with Crippen molar-refractivity contribution >= 4 is 17.2 Å². The second-order valence-electron chi connectivity index (χ2n) is 2.93. The number of nitrogens with one attached hydrogen (secondary N) is 1. The molecule has 0 aromatic rings. The Morgan fingerprint density at radius 2 is 1.79 bits per heavy atom. The zero-order valence-electron chi connectivity index (χ0n) is 8.83. The molecule has 0 amide bonds. The summed E-state index contributed by atoms with van der Waals surface area (Å²) < 4.78 is 0. The SMILES string of the molecule is CC(=O)/C=C(\C)NN=C(C)C(C)=NO. The maximum Gasteiger partial charge on any atom is 0.154 e. The highest BCUT2D eigenvalue weighted by Crippen LogP contribution is 1.89. The van der Waals surface area contributed by atoms with Gasteiger partial charge < -0.3 is 5.21 Å². The van der Waals surface area contributed by atoms with E-state index in [4.69, 9.17) is 5.21 Å². The first-order valence-corrected chi connectivity index (χ1v) is 4.15. The number of rotatable bonds is 4. The van der Waals surface area contributed by atoms with Gasteiger partial charge in [0.1, 0.15) is 0 Å². The van der Waals surface area contributed by atoms with Crippen molar-refractivity contribution in [2.45, 2.75) is 27.7 Å². The summed E-state index contributed by atoms with van der Waals surface area (Å²) in [6.07, 6.45) is 1.43. The lowest BCUT2D eigenvalue weighted by Crippen LogP contribution is -2.12. The van der Waals surface area contributed by atoms with Crippen LogP contribution >= 0.6 is 0 Å². The molecule has 0 atom stereocenters. The zero-order chi connectivity index (χ0) is 11.1. The Kier molecular flexibility index (Phi) is 5.21. The molecule has 0 aromatic heterocycles. The lowest BCUT2D eigenvalue weighted by molar-refractivity contribution is -0.112. The minimum Gasteiger partial charge on any atom is -0.411 e. The van der Waals surface area contributed by atoms with Crippen LogP contribution in [0.2, 0.25) is 0 Å². The van der Waals surface area contributed by atoms with E-state index in [-0.39, 0.29) is 5.78 Å². The fourth-order valence-corrected chi connectivity index (χ4v) is 0.662. The van der Waals surface area contributed by atoms with Gasteiger partial charge in [0.15, 0.2) is 5.78 Å². The number of carbonyl (C=O) groups is 1. The van der Waals surface area contributed by atoms with Gasteiger partial charge in [-0.15, -0.1) is 0 Å². The average molecular weight is 197 g/mol. The Morgan fingerprint density at radius 1 is 1.21 bits per heavy atom. The number of ketones is 1. The number of hydrogen-bond acceptors (Lipinski definition) is 5. The molecule has 2 N–H and O–H groups in total. The van der Waals surface area contributed by atoms with Crippen molar-refractivity contribution < 1.29 is 10.0 Å². The van der Waals surface area contributed by atoms with E-state index in [0.717, 1.165) is 0 Å². The zero-order valence-corrected chi connectivity index (χ0v) is 8.83. The highest BCUT2D eigenvalue weighted by atomic mass is 16.4. The van der Waals surface area contributed by atoms with Crippen LogP contribution in [0.25, 0.3) is 0 Å². The molecule has 0 aliphatic carbocycles. The number of allylic oxidation sites excluding steroid dienone is 2. The van der Waals surface area contributed by atoms with Crippen molar-refractivity contribution in [1.29, 1.82) is 0 Å². The smallest absolute Gasteiger partial charge is 0.154 e. The highest BCUT2D eigenvalue weighted by Gasteiger charge is 1.96. The molecule has 0 spiro atoms. The van der Waals surface area contributed by atoms with Crippen LogP contribution in [0, 0.1) is 0 Å². The number of oxime groups is 1. The number of hydrazone groups is 1. The summed E-state index contributed by atoms with van der Waals surface area (Å²) in [5.41, 5.74) is 4.29. The van der Waals surface area contributed by atoms with Gasteiger partial charge in [-0.3, -0.25) is 10.2 Å². The summed E-state index contributed by atoms with van der Waals surface area (Å²) in [6, 6.07) is 0. The van der Waals surface area contributed by atoms with Crippen LogP contribution in [0.15, 0.2) is 22.0 Å². The Morgan fingerprint density at radius 3 is 2.21 bits per heavy atom. The molecule has 0 rings (SSSR count). The van der Waals surface area contributed by atoms with Gasteiger partial charge in [0.2, 0.25) is 0 Å². The van der Waals surface area contributed by atoms with Crippen LogP contribution in [0.5, 0.6) is 0 Å². The van der Waals surface area contributed by atoms with Gasteiger partial charge in [0, 0.05) is 11.8 Å². The Balaban J connectivity index is 4.37. The van der Waals surface area contributed by atoms with Gasteiger partial charge in [-0.25, -0.2) is 0 Å². The van der Waals surface area contributed by atoms with E-state index in [0.29, 0.717) is 17.1 Å². The molecule has 0 heterocycles. The van der Waals surface area contributed by atoms with Gasteiger partial charge >= 0.3 is 0 Å². The molecule has 0 aromatic carbocycles. The molecule has 0 saturated carbocycles. The predicted molar refractivity (Wildman–Crippen MR) is 55.6 cm³/mol. The molecule has 0 aliphatic heterocycles. The Hall–Kier alpha value is -1.65. The van der Waals surface area contributed by atoms with Crippen LogP contribution in [0.1, 0.15) is 27.7 Å². The van der Waals surface area contributed by atoms with Crippen molar-refractivity contribution in [3.8, 4) is 0 Å². The summed E-state index contributed by atoms with van der Waals surface area (Å²) in [6.45, 7) is 6.51. The number of hydrogen-bond donors (Lipinski definition) is 2. The maximum atomic E-state index is 10.7. The molecule has 0 radical (unpaired) electrons. The van der Waals surface area contributed by atoms with Crippen LogP contribution in [0.4, 0.5) is 0 Å². The molecule has 0 bridgehead atoms. The van der Waals surface area contributed by atoms with E-state index in [2.05, 4.69) is 15.7 Å². The fourth-order valence-electron chi connectivity index (χ4n) is 0.662. The van der Waals surface area contributed by atoms with E-state index < -0.39 is 0 Å². The van der Waals surface area contributed by atoms with Crippen molar-refractivity contribution in [2.75, 3.05) is 0 Å². The molecule has 0 unspecified atom stereocenters. The summed E-state index contributed by atoms with van der Waals surface area (Å²) in [5.74, 6) is -0.0459. The second kappa shape index (κ2) is 5.90. The average Bonchev–Trinajstić information content (AvgIpc) is 2.11. The van der Waals surface area contributed by atoms with Crippen LogP contribution < -0.4 is 5.43 Å². The van der Waals surface area contributed by atoms with Crippen LogP contribution in [-0.2, 0) is 4.79 Å². The summed E-state index contributed by atoms with van der Waals surface area (Å²) >= 11 is 0. The Bertz CT molecular complexity index is 303. The molecule has 78 valence electrons. The van der Waals surface area contributed by atoms with Gasteiger partial charge in [-0.2, -0.15) is 5.10 Å². The second-order valence-corrected chi connectivity index (χ2v) is 2.93. The summed E-state index contributed by atoms with van der Waals surface area (Å²) in [7, 11) is 0. The van der Waals surface area contributed by atoms with E-state index in [9.17, 15) is 4.79 Å². The van der Waals surface area contributed by atoms with E-state index in [1.54, 1.807) is 20.8 Å². The maximum absolute atomic E-state index is 10.7. The predicted octanol–water partition coefficient (Wildman–Crippen LogP) is 1.29. The first-order chi connectivity index (χ1) is 6.47. The molecule has 0 aliphatic rings. The number of carbonyl (C=O) groups excluding carboxylic acids is 1. The number of nitrogens with zero attached hydrogens (tertiary/aromatic N) is 2. The quantitative estimate of drug-likeness (QED) is 0.309. The van der Waals surface area contributed by atoms with E-state index in [1.165, 1.54) is 13.0 Å².